The summed E-state index contributed by atoms with van der Waals surface area (Å²) in [6.07, 6.45) is -4.65. The van der Waals surface area contributed by atoms with Crippen LogP contribution in [0, 0.1) is 11.3 Å². The van der Waals surface area contributed by atoms with Gasteiger partial charge in [0.1, 0.15) is 17.4 Å². The summed E-state index contributed by atoms with van der Waals surface area (Å²) < 4.78 is 43.6. The van der Waals surface area contributed by atoms with Gasteiger partial charge in [-0.2, -0.15) is 23.5 Å². The predicted molar refractivity (Wildman–Crippen MR) is 89.3 cm³/mol. The van der Waals surface area contributed by atoms with Crippen LogP contribution in [0.5, 0.6) is 5.75 Å². The number of aromatic amines is 1. The molecule has 1 aliphatic heterocycles. The van der Waals surface area contributed by atoms with Crippen LogP contribution in [0.2, 0.25) is 5.02 Å². The lowest BCUT2D eigenvalue weighted by Gasteiger charge is -2.28. The lowest BCUT2D eigenvalue weighted by Crippen LogP contribution is -2.37. The Kier molecular flexibility index (Phi) is 5.02. The molecule has 0 saturated heterocycles. The fourth-order valence-electron chi connectivity index (χ4n) is 2.75. The zero-order valence-electron chi connectivity index (χ0n) is 14.1. The van der Waals surface area contributed by atoms with Crippen molar-refractivity contribution < 1.29 is 22.7 Å². The van der Waals surface area contributed by atoms with E-state index in [2.05, 4.69) is 10.2 Å². The molecule has 1 aromatic carbocycles. The number of nitrogens with one attached hydrogen (secondary N) is 1. The Morgan fingerprint density at radius 3 is 2.89 bits per heavy atom. The van der Waals surface area contributed by atoms with E-state index in [4.69, 9.17) is 21.6 Å². The van der Waals surface area contributed by atoms with Gasteiger partial charge in [-0.1, -0.05) is 11.6 Å². The number of hydrogen-bond donors (Lipinski definition) is 1. The number of alkyl halides is 3. The molecular weight excluding hydrogens is 385 g/mol. The molecule has 0 spiro atoms. The lowest BCUT2D eigenvalue weighted by atomic mass is 10.0. The molecule has 1 atom stereocenters. The second kappa shape index (κ2) is 7.12. The van der Waals surface area contributed by atoms with Crippen molar-refractivity contribution in [1.29, 1.82) is 5.26 Å². The van der Waals surface area contributed by atoms with E-state index >= 15 is 0 Å². The van der Waals surface area contributed by atoms with Crippen LogP contribution in [0.4, 0.5) is 13.2 Å². The Morgan fingerprint density at radius 2 is 2.22 bits per heavy atom. The van der Waals surface area contributed by atoms with Crippen LogP contribution in [0.25, 0.3) is 0 Å². The van der Waals surface area contributed by atoms with E-state index < -0.39 is 18.2 Å². The summed E-state index contributed by atoms with van der Waals surface area (Å²) in [6.45, 7) is 1.39. The summed E-state index contributed by atoms with van der Waals surface area (Å²) in [5.41, 5.74) is 1.44. The summed E-state index contributed by atoms with van der Waals surface area (Å²) in [6, 6.07) is 4.20. The van der Waals surface area contributed by atoms with E-state index in [1.807, 2.05) is 6.07 Å². The summed E-state index contributed by atoms with van der Waals surface area (Å²) in [5.74, 6) is -0.917. The van der Waals surface area contributed by atoms with E-state index in [9.17, 15) is 18.0 Å². The highest BCUT2D eigenvalue weighted by molar-refractivity contribution is 6.35. The molecule has 2 aromatic rings. The number of halogens is 4. The number of nitriles is 1. The normalized spacial score (nSPS) is 15.0. The van der Waals surface area contributed by atoms with Crippen molar-refractivity contribution in [3.63, 3.8) is 0 Å². The third kappa shape index (κ3) is 3.71. The van der Waals surface area contributed by atoms with Gasteiger partial charge in [0.05, 0.1) is 16.8 Å². The fourth-order valence-corrected chi connectivity index (χ4v) is 3.03. The van der Waals surface area contributed by atoms with E-state index in [-0.39, 0.29) is 28.4 Å². The number of benzene rings is 1. The number of H-pyrrole nitrogens is 1. The van der Waals surface area contributed by atoms with Gasteiger partial charge in [-0.3, -0.25) is 9.89 Å². The van der Waals surface area contributed by atoms with Crippen molar-refractivity contribution in [2.75, 3.05) is 6.54 Å². The van der Waals surface area contributed by atoms with E-state index in [0.29, 0.717) is 13.0 Å². The maximum Gasteiger partial charge on any atom is 0.425 e. The summed E-state index contributed by atoms with van der Waals surface area (Å²) >= 11 is 6.16. The molecule has 2 heterocycles. The first-order valence-corrected chi connectivity index (χ1v) is 8.36. The largest absolute Gasteiger partial charge is 0.480 e. The smallest absolute Gasteiger partial charge is 0.425 e. The molecule has 1 N–H and O–H groups in total. The monoisotopic (exact) mass is 398 g/mol. The molecule has 3 rings (SSSR count). The quantitative estimate of drug-likeness (QED) is 0.858. The first-order chi connectivity index (χ1) is 12.7. The zero-order chi connectivity index (χ0) is 19.8. The standard InChI is InChI=1S/C17H14ClF3N4O2/c1-9(17(19,20)21)27-13-3-2-10(6-22)15(18)14(13)16(26)25-5-4-12-11(8-25)7-23-24-12/h2-3,7,9H,4-5,8H2,1H3,(H,23,24). The minimum absolute atomic E-state index is 0.0203. The van der Waals surface area contributed by atoms with Crippen LogP contribution >= 0.6 is 11.6 Å². The molecule has 1 aliphatic rings. The Labute approximate surface area is 157 Å². The van der Waals surface area contributed by atoms with Gasteiger partial charge in [0, 0.05) is 30.8 Å². The number of amides is 1. The number of carbonyl (C=O) groups excluding carboxylic acids is 1. The summed E-state index contributed by atoms with van der Waals surface area (Å²) in [5, 5.41) is 15.7. The molecule has 0 fully saturated rings. The first kappa shape index (κ1) is 19.0. The molecule has 27 heavy (non-hydrogen) atoms. The van der Waals surface area contributed by atoms with E-state index in [0.717, 1.165) is 24.2 Å². The Morgan fingerprint density at radius 1 is 1.48 bits per heavy atom. The van der Waals surface area contributed by atoms with Crippen molar-refractivity contribution in [3.8, 4) is 11.8 Å². The molecule has 0 aliphatic carbocycles. The van der Waals surface area contributed by atoms with Gasteiger partial charge in [0.15, 0.2) is 6.10 Å². The second-order valence-corrected chi connectivity index (χ2v) is 6.44. The minimum atomic E-state index is -4.61. The van der Waals surface area contributed by atoms with Gasteiger partial charge in [0.25, 0.3) is 5.91 Å². The molecule has 142 valence electrons. The Hall–Kier alpha value is -2.73. The number of nitrogens with zero attached hydrogens (tertiary/aromatic N) is 3. The maximum absolute atomic E-state index is 13.0. The van der Waals surface area contributed by atoms with Crippen molar-refractivity contribution >= 4 is 17.5 Å². The van der Waals surface area contributed by atoms with Crippen LogP contribution in [0.15, 0.2) is 18.3 Å². The van der Waals surface area contributed by atoms with Crippen LogP contribution in [-0.2, 0) is 13.0 Å². The van der Waals surface area contributed by atoms with Crippen LogP contribution < -0.4 is 4.74 Å². The highest BCUT2D eigenvalue weighted by atomic mass is 35.5. The minimum Gasteiger partial charge on any atom is -0.480 e. The third-order valence-corrected chi connectivity index (χ3v) is 4.68. The molecule has 1 amide bonds. The van der Waals surface area contributed by atoms with Gasteiger partial charge in [-0.25, -0.2) is 0 Å². The number of aromatic nitrogens is 2. The second-order valence-electron chi connectivity index (χ2n) is 6.06. The molecule has 1 aromatic heterocycles. The average molecular weight is 399 g/mol. The number of hydrogen-bond acceptors (Lipinski definition) is 4. The molecule has 1 unspecified atom stereocenters. The van der Waals surface area contributed by atoms with Gasteiger partial charge < -0.3 is 9.64 Å². The van der Waals surface area contributed by atoms with Gasteiger partial charge in [-0.15, -0.1) is 0 Å². The topological polar surface area (TPSA) is 82.0 Å². The Balaban J connectivity index is 1.97. The molecule has 0 bridgehead atoms. The van der Waals surface area contributed by atoms with Gasteiger partial charge in [-0.05, 0) is 19.1 Å². The van der Waals surface area contributed by atoms with Crippen molar-refractivity contribution in [1.82, 2.24) is 15.1 Å². The SMILES string of the molecule is CC(Oc1ccc(C#N)c(Cl)c1C(=O)N1CCc2[nH]ncc2C1)C(F)(F)F. The van der Waals surface area contributed by atoms with E-state index in [1.54, 1.807) is 6.20 Å². The summed E-state index contributed by atoms with van der Waals surface area (Å²) in [7, 11) is 0. The van der Waals surface area contributed by atoms with Crippen molar-refractivity contribution in [2.45, 2.75) is 32.2 Å². The summed E-state index contributed by atoms with van der Waals surface area (Å²) in [4.78, 5) is 14.4. The van der Waals surface area contributed by atoms with Gasteiger partial charge in [0.2, 0.25) is 0 Å². The van der Waals surface area contributed by atoms with Crippen LogP contribution in [0.1, 0.15) is 34.1 Å². The third-order valence-electron chi connectivity index (χ3n) is 4.29. The Bertz CT molecular complexity index is 920. The number of ether oxygens (including phenoxy) is 1. The zero-order valence-corrected chi connectivity index (χ0v) is 14.9. The number of carbonyl (C=O) groups is 1. The highest BCUT2D eigenvalue weighted by Crippen LogP contribution is 2.34. The highest BCUT2D eigenvalue weighted by Gasteiger charge is 2.39. The van der Waals surface area contributed by atoms with Crippen molar-refractivity contribution in [2.24, 2.45) is 0 Å². The number of rotatable bonds is 3. The molecule has 0 radical (unpaired) electrons. The average Bonchev–Trinajstić information content (AvgIpc) is 3.08. The molecular formula is C17H14ClF3N4O2. The van der Waals surface area contributed by atoms with Crippen LogP contribution in [0.3, 0.4) is 0 Å². The van der Waals surface area contributed by atoms with E-state index in [1.165, 1.54) is 11.0 Å². The van der Waals surface area contributed by atoms with Crippen molar-refractivity contribution in [3.05, 3.63) is 45.7 Å². The molecule has 6 nitrogen and oxygen atoms in total. The lowest BCUT2D eigenvalue weighted by molar-refractivity contribution is -0.189. The first-order valence-electron chi connectivity index (χ1n) is 7.98. The number of fused-ring (bicyclic) bond motifs is 1. The van der Waals surface area contributed by atoms with Gasteiger partial charge >= 0.3 is 6.18 Å². The molecule has 0 saturated carbocycles. The fraction of sp³-hybridized carbons (Fsp3) is 0.353. The predicted octanol–water partition coefficient (Wildman–Crippen LogP) is 3.46. The van der Waals surface area contributed by atoms with Crippen LogP contribution in [-0.4, -0.2) is 39.8 Å². The molecule has 10 heteroatoms. The maximum atomic E-state index is 13.0.